The van der Waals surface area contributed by atoms with E-state index in [1.807, 2.05) is 49.4 Å². The Morgan fingerprint density at radius 1 is 1.05 bits per heavy atom. The van der Waals surface area contributed by atoms with E-state index in [1.54, 1.807) is 0 Å². The molecule has 2 N–H and O–H groups in total. The van der Waals surface area contributed by atoms with Crippen LogP contribution in [-0.2, 0) is 4.79 Å². The van der Waals surface area contributed by atoms with Crippen LogP contribution in [-0.4, -0.2) is 12.5 Å². The minimum Gasteiger partial charge on any atom is -0.376 e. The summed E-state index contributed by atoms with van der Waals surface area (Å²) in [6.07, 6.45) is 0. The summed E-state index contributed by atoms with van der Waals surface area (Å²) in [5.41, 5.74) is 2.85. The van der Waals surface area contributed by atoms with Crippen LogP contribution in [0.1, 0.15) is 5.56 Å². The van der Waals surface area contributed by atoms with Crippen molar-refractivity contribution in [3.63, 3.8) is 0 Å². The van der Waals surface area contributed by atoms with E-state index in [0.717, 1.165) is 25.9 Å². The number of benzene rings is 2. The monoisotopic (exact) mass is 396 g/mol. The van der Waals surface area contributed by atoms with Crippen LogP contribution in [0.5, 0.6) is 0 Å². The highest BCUT2D eigenvalue weighted by Crippen LogP contribution is 2.20. The largest absolute Gasteiger partial charge is 0.376 e. The molecule has 0 atom stereocenters. The first kappa shape index (κ1) is 15.1. The Morgan fingerprint density at radius 3 is 2.35 bits per heavy atom. The number of anilines is 2. The van der Waals surface area contributed by atoms with Gasteiger partial charge < -0.3 is 10.6 Å². The van der Waals surface area contributed by atoms with Crippen molar-refractivity contribution >= 4 is 49.1 Å². The summed E-state index contributed by atoms with van der Waals surface area (Å²) in [5.74, 6) is -0.0796. The Morgan fingerprint density at radius 2 is 1.70 bits per heavy atom. The van der Waals surface area contributed by atoms with E-state index in [1.165, 1.54) is 0 Å². The minimum atomic E-state index is -0.0796. The second-order valence-corrected chi connectivity index (χ2v) is 6.14. The Balaban J connectivity index is 1.88. The predicted octanol–water partition coefficient (Wildman–Crippen LogP) is 4.57. The number of aryl methyl sites for hydroxylation is 1. The smallest absolute Gasteiger partial charge is 0.243 e. The zero-order chi connectivity index (χ0) is 14.5. The van der Waals surface area contributed by atoms with Gasteiger partial charge >= 0.3 is 0 Å². The molecule has 0 unspecified atom stereocenters. The summed E-state index contributed by atoms with van der Waals surface area (Å²) in [4.78, 5) is 11.8. The van der Waals surface area contributed by atoms with Crippen molar-refractivity contribution < 1.29 is 4.79 Å². The van der Waals surface area contributed by atoms with E-state index in [-0.39, 0.29) is 12.5 Å². The maximum atomic E-state index is 11.8. The minimum absolute atomic E-state index is 0.0796. The van der Waals surface area contributed by atoms with Gasteiger partial charge in [0, 0.05) is 20.3 Å². The second kappa shape index (κ2) is 6.90. The van der Waals surface area contributed by atoms with Gasteiger partial charge in [-0.05, 0) is 48.9 Å². The summed E-state index contributed by atoms with van der Waals surface area (Å²) in [6, 6.07) is 13.4. The fraction of sp³-hybridized carbons (Fsp3) is 0.133. The lowest BCUT2D eigenvalue weighted by Crippen LogP contribution is -2.21. The van der Waals surface area contributed by atoms with Crippen LogP contribution >= 0.6 is 31.9 Å². The van der Waals surface area contributed by atoms with Crippen molar-refractivity contribution in [1.82, 2.24) is 0 Å². The first-order valence-electron chi connectivity index (χ1n) is 6.10. The highest BCUT2D eigenvalue weighted by atomic mass is 79.9. The Kier molecular flexibility index (Phi) is 5.20. The maximum absolute atomic E-state index is 11.8. The molecule has 2 rings (SSSR count). The third-order valence-electron chi connectivity index (χ3n) is 2.75. The van der Waals surface area contributed by atoms with Gasteiger partial charge in [0.15, 0.2) is 0 Å². The topological polar surface area (TPSA) is 41.1 Å². The van der Waals surface area contributed by atoms with Gasteiger partial charge in [-0.2, -0.15) is 0 Å². The molecule has 0 bridgehead atoms. The molecule has 0 aromatic heterocycles. The zero-order valence-electron chi connectivity index (χ0n) is 10.9. The van der Waals surface area contributed by atoms with Crippen molar-refractivity contribution in [2.45, 2.75) is 6.92 Å². The molecule has 0 saturated carbocycles. The number of hydrogen-bond donors (Lipinski definition) is 2. The number of nitrogens with one attached hydrogen (secondary N) is 2. The molecule has 0 saturated heterocycles. The van der Waals surface area contributed by atoms with E-state index in [4.69, 9.17) is 0 Å². The van der Waals surface area contributed by atoms with Gasteiger partial charge in [-0.1, -0.05) is 37.9 Å². The molecule has 0 fully saturated rings. The molecule has 0 heterocycles. The molecule has 3 nitrogen and oxygen atoms in total. The number of amides is 1. The van der Waals surface area contributed by atoms with Crippen molar-refractivity contribution in [3.8, 4) is 0 Å². The first-order valence-corrected chi connectivity index (χ1v) is 7.68. The van der Waals surface area contributed by atoms with Gasteiger partial charge in [0.05, 0.1) is 6.54 Å². The highest BCUT2D eigenvalue weighted by Gasteiger charge is 2.03. The standard InChI is InChI=1S/C15H14Br2N2O/c1-10-2-5-13(8-14(10)17)18-9-15(20)19-12-6-3-11(16)4-7-12/h2-8,18H,9H2,1H3,(H,19,20). The van der Waals surface area contributed by atoms with E-state index >= 15 is 0 Å². The molecule has 2 aromatic rings. The van der Waals surface area contributed by atoms with Crippen molar-refractivity contribution in [3.05, 3.63) is 57.0 Å². The molecule has 0 aliphatic heterocycles. The van der Waals surface area contributed by atoms with Crippen molar-refractivity contribution in [2.24, 2.45) is 0 Å². The number of carbonyl (C=O) groups excluding carboxylic acids is 1. The Hall–Kier alpha value is -1.33. The number of hydrogen-bond acceptors (Lipinski definition) is 2. The van der Waals surface area contributed by atoms with Crippen LogP contribution in [0.3, 0.4) is 0 Å². The van der Waals surface area contributed by atoms with Gasteiger partial charge in [-0.25, -0.2) is 0 Å². The van der Waals surface area contributed by atoms with E-state index in [0.29, 0.717) is 0 Å². The summed E-state index contributed by atoms with van der Waals surface area (Å²) in [5, 5.41) is 5.92. The zero-order valence-corrected chi connectivity index (χ0v) is 14.1. The molecule has 0 aliphatic rings. The van der Waals surface area contributed by atoms with Crippen LogP contribution in [0, 0.1) is 6.92 Å². The normalized spacial score (nSPS) is 10.2. The molecule has 5 heteroatoms. The second-order valence-electron chi connectivity index (χ2n) is 4.37. The molecule has 1 amide bonds. The van der Waals surface area contributed by atoms with E-state index in [2.05, 4.69) is 42.5 Å². The first-order chi connectivity index (χ1) is 9.54. The average Bonchev–Trinajstić information content (AvgIpc) is 2.43. The molecular formula is C15H14Br2N2O. The molecule has 0 aliphatic carbocycles. The van der Waals surface area contributed by atoms with Gasteiger partial charge in [0.2, 0.25) is 5.91 Å². The lowest BCUT2D eigenvalue weighted by Gasteiger charge is -2.09. The van der Waals surface area contributed by atoms with Gasteiger partial charge in [-0.15, -0.1) is 0 Å². The average molecular weight is 398 g/mol. The molecule has 0 spiro atoms. The van der Waals surface area contributed by atoms with Crippen LogP contribution in [0.4, 0.5) is 11.4 Å². The van der Waals surface area contributed by atoms with Gasteiger partial charge in [0.1, 0.15) is 0 Å². The predicted molar refractivity (Wildman–Crippen MR) is 90.1 cm³/mol. The summed E-state index contributed by atoms with van der Waals surface area (Å²) >= 11 is 6.82. The molecule has 20 heavy (non-hydrogen) atoms. The number of halogens is 2. The lowest BCUT2D eigenvalue weighted by molar-refractivity contribution is -0.114. The fourth-order valence-corrected chi connectivity index (χ4v) is 2.27. The number of carbonyl (C=O) groups is 1. The van der Waals surface area contributed by atoms with Gasteiger partial charge in [0.25, 0.3) is 0 Å². The molecule has 0 radical (unpaired) electrons. The fourth-order valence-electron chi connectivity index (χ4n) is 1.62. The maximum Gasteiger partial charge on any atom is 0.243 e. The molecule has 104 valence electrons. The third-order valence-corrected chi connectivity index (χ3v) is 4.14. The molecular weight excluding hydrogens is 384 g/mol. The van der Waals surface area contributed by atoms with Crippen molar-refractivity contribution in [2.75, 3.05) is 17.2 Å². The van der Waals surface area contributed by atoms with Crippen LogP contribution in [0.25, 0.3) is 0 Å². The van der Waals surface area contributed by atoms with Crippen LogP contribution in [0.15, 0.2) is 51.4 Å². The summed E-state index contributed by atoms with van der Waals surface area (Å²) in [6.45, 7) is 2.25. The number of rotatable bonds is 4. The van der Waals surface area contributed by atoms with Crippen LogP contribution < -0.4 is 10.6 Å². The summed E-state index contributed by atoms with van der Waals surface area (Å²) < 4.78 is 2.01. The SMILES string of the molecule is Cc1ccc(NCC(=O)Nc2ccc(Br)cc2)cc1Br. The Bertz CT molecular complexity index is 612. The van der Waals surface area contributed by atoms with Crippen LogP contribution in [0.2, 0.25) is 0 Å². The van der Waals surface area contributed by atoms with E-state index < -0.39 is 0 Å². The quantitative estimate of drug-likeness (QED) is 0.793. The van der Waals surface area contributed by atoms with Gasteiger partial charge in [-0.3, -0.25) is 4.79 Å². The van der Waals surface area contributed by atoms with E-state index in [9.17, 15) is 4.79 Å². The Labute approximate surface area is 135 Å². The van der Waals surface area contributed by atoms with Crippen molar-refractivity contribution in [1.29, 1.82) is 0 Å². The third kappa shape index (κ3) is 4.35. The highest BCUT2D eigenvalue weighted by molar-refractivity contribution is 9.10. The molecule has 2 aromatic carbocycles. The lowest BCUT2D eigenvalue weighted by atomic mass is 10.2. The summed E-state index contributed by atoms with van der Waals surface area (Å²) in [7, 11) is 0.